The Morgan fingerprint density at radius 1 is 0.900 bits per heavy atom. The van der Waals surface area contributed by atoms with Crippen LogP contribution in [0, 0.1) is 12.3 Å². The summed E-state index contributed by atoms with van der Waals surface area (Å²) in [6, 6.07) is 26.8. The minimum atomic E-state index is -3.93. The van der Waals surface area contributed by atoms with Crippen LogP contribution in [0.3, 0.4) is 0 Å². The number of aryl methyl sites for hydroxylation is 1. The molecule has 0 aliphatic heterocycles. The second-order valence-corrected chi connectivity index (χ2v) is 11.2. The Balaban J connectivity index is 1.59. The van der Waals surface area contributed by atoms with E-state index >= 15 is 0 Å². The monoisotopic (exact) mass is 557 g/mol. The van der Waals surface area contributed by atoms with Crippen LogP contribution in [0.5, 0.6) is 0 Å². The number of aromatic nitrogens is 1. The van der Waals surface area contributed by atoms with Gasteiger partial charge >= 0.3 is 0 Å². The van der Waals surface area contributed by atoms with Crippen molar-refractivity contribution in [3.8, 4) is 0 Å². The lowest BCUT2D eigenvalue weighted by Crippen LogP contribution is -2.35. The van der Waals surface area contributed by atoms with E-state index in [9.17, 15) is 18.0 Å². The summed E-state index contributed by atoms with van der Waals surface area (Å²) in [6.45, 7) is 1.65. The number of nitrogens with two attached hydrogens (primary N) is 1. The molecule has 4 aromatic rings. The Labute approximate surface area is 233 Å². The van der Waals surface area contributed by atoms with E-state index in [4.69, 9.17) is 11.1 Å². The quantitative estimate of drug-likeness (QED) is 0.165. The fourth-order valence-corrected chi connectivity index (χ4v) is 5.52. The van der Waals surface area contributed by atoms with Gasteiger partial charge in [-0.1, -0.05) is 84.9 Å². The highest BCUT2D eigenvalue weighted by molar-refractivity contribution is 7.91. The number of pyridine rings is 1. The van der Waals surface area contributed by atoms with E-state index in [2.05, 4.69) is 10.0 Å². The molecule has 1 heterocycles. The van der Waals surface area contributed by atoms with Crippen LogP contribution < -0.4 is 21.3 Å². The van der Waals surface area contributed by atoms with Crippen LogP contribution in [0.15, 0.2) is 95.8 Å². The predicted molar refractivity (Wildman–Crippen MR) is 157 cm³/mol. The van der Waals surface area contributed by atoms with Gasteiger partial charge in [-0.2, -0.15) is 0 Å². The van der Waals surface area contributed by atoms with E-state index in [1.165, 1.54) is 4.57 Å². The van der Waals surface area contributed by atoms with Gasteiger partial charge in [-0.25, -0.2) is 8.42 Å². The number of sulfonamides is 1. The first-order valence-corrected chi connectivity index (χ1v) is 14.3. The third kappa shape index (κ3) is 7.45. The number of amidine groups is 1. The summed E-state index contributed by atoms with van der Waals surface area (Å²) in [5, 5.41) is 10.3. The van der Waals surface area contributed by atoms with Gasteiger partial charge in [-0.05, 0) is 41.7 Å². The summed E-state index contributed by atoms with van der Waals surface area (Å²) >= 11 is 0. The van der Waals surface area contributed by atoms with Gasteiger partial charge in [0.1, 0.15) is 18.1 Å². The molecule has 206 valence electrons. The van der Waals surface area contributed by atoms with E-state index < -0.39 is 21.5 Å². The van der Waals surface area contributed by atoms with Crippen molar-refractivity contribution in [2.24, 2.45) is 5.73 Å². The Morgan fingerprint density at radius 2 is 1.50 bits per heavy atom. The molecule has 0 saturated heterocycles. The van der Waals surface area contributed by atoms with Crippen LogP contribution in [0.4, 0.5) is 5.69 Å². The van der Waals surface area contributed by atoms with Gasteiger partial charge in [-0.3, -0.25) is 19.7 Å². The molecule has 1 aromatic heterocycles. The number of nitrogens with one attached hydrogen (secondary N) is 3. The number of hydrogen-bond donors (Lipinski definition) is 4. The predicted octanol–water partition coefficient (Wildman–Crippen LogP) is 3.29. The molecule has 1 amide bonds. The molecule has 9 nitrogen and oxygen atoms in total. The molecule has 0 unspecified atom stereocenters. The first-order chi connectivity index (χ1) is 19.1. The first kappa shape index (κ1) is 28.3. The molecule has 0 aliphatic carbocycles. The van der Waals surface area contributed by atoms with Crippen LogP contribution in [0.25, 0.3) is 0 Å². The smallest absolute Gasteiger partial charge is 0.275 e. The van der Waals surface area contributed by atoms with Crippen molar-refractivity contribution in [1.82, 2.24) is 9.88 Å². The third-order valence-corrected chi connectivity index (χ3v) is 7.57. The average molecular weight is 558 g/mol. The number of rotatable bonds is 11. The normalized spacial score (nSPS) is 11.1. The van der Waals surface area contributed by atoms with Gasteiger partial charge in [0.25, 0.3) is 5.56 Å². The van der Waals surface area contributed by atoms with Crippen molar-refractivity contribution in [3.63, 3.8) is 0 Å². The maximum Gasteiger partial charge on any atom is 0.275 e. The highest BCUT2D eigenvalue weighted by atomic mass is 32.2. The van der Waals surface area contributed by atoms with Crippen LogP contribution >= 0.6 is 0 Å². The lowest BCUT2D eigenvalue weighted by molar-refractivity contribution is -0.121. The number of amides is 1. The van der Waals surface area contributed by atoms with Crippen molar-refractivity contribution >= 4 is 27.5 Å². The number of carbonyl (C=O) groups is 1. The molecular weight excluding hydrogens is 526 g/mol. The summed E-state index contributed by atoms with van der Waals surface area (Å²) in [7, 11) is -3.93. The van der Waals surface area contributed by atoms with Gasteiger partial charge in [0.05, 0.1) is 5.75 Å². The molecule has 0 spiro atoms. The van der Waals surface area contributed by atoms with Gasteiger partial charge in [0.2, 0.25) is 15.9 Å². The molecule has 3 aromatic carbocycles. The molecule has 40 heavy (non-hydrogen) atoms. The second-order valence-electron chi connectivity index (χ2n) is 9.47. The van der Waals surface area contributed by atoms with Crippen LogP contribution in [0.1, 0.15) is 33.5 Å². The average Bonchev–Trinajstić information content (AvgIpc) is 2.93. The Bertz CT molecular complexity index is 1670. The zero-order valence-corrected chi connectivity index (χ0v) is 22.9. The van der Waals surface area contributed by atoms with Crippen molar-refractivity contribution in [1.29, 1.82) is 5.41 Å². The van der Waals surface area contributed by atoms with Crippen LogP contribution in [0.2, 0.25) is 0 Å². The van der Waals surface area contributed by atoms with Gasteiger partial charge in [0.15, 0.2) is 0 Å². The Kier molecular flexibility index (Phi) is 8.80. The molecule has 0 atom stereocenters. The van der Waals surface area contributed by atoms with Gasteiger partial charge in [-0.15, -0.1) is 0 Å². The summed E-state index contributed by atoms with van der Waals surface area (Å²) in [5.41, 5.74) is 8.75. The third-order valence-electron chi connectivity index (χ3n) is 6.34. The van der Waals surface area contributed by atoms with Crippen molar-refractivity contribution < 1.29 is 13.2 Å². The number of nitrogen functional groups attached to an aromatic ring is 1. The van der Waals surface area contributed by atoms with E-state index in [0.29, 0.717) is 28.8 Å². The lowest BCUT2D eigenvalue weighted by Gasteiger charge is -2.18. The Morgan fingerprint density at radius 3 is 2.10 bits per heavy atom. The lowest BCUT2D eigenvalue weighted by atomic mass is 10.0. The first-order valence-electron chi connectivity index (χ1n) is 12.6. The number of nitrogens with zero attached hydrogens (tertiary/aromatic N) is 1. The van der Waals surface area contributed by atoms with Crippen LogP contribution in [-0.4, -0.2) is 24.7 Å². The minimum absolute atomic E-state index is 0.0451. The maximum atomic E-state index is 13.7. The molecule has 10 heteroatoms. The van der Waals surface area contributed by atoms with Crippen LogP contribution in [-0.2, 0) is 40.1 Å². The maximum absolute atomic E-state index is 13.7. The molecule has 5 N–H and O–H groups in total. The van der Waals surface area contributed by atoms with Gasteiger partial charge in [0, 0.05) is 17.8 Å². The zero-order chi connectivity index (χ0) is 28.7. The van der Waals surface area contributed by atoms with Crippen molar-refractivity contribution in [3.05, 3.63) is 135 Å². The van der Waals surface area contributed by atoms with E-state index in [0.717, 1.165) is 11.1 Å². The molecular formula is C30H31N5O4S. The fourth-order valence-electron chi connectivity index (χ4n) is 4.28. The van der Waals surface area contributed by atoms with Crippen molar-refractivity contribution in [2.45, 2.75) is 32.2 Å². The highest BCUT2D eigenvalue weighted by Crippen LogP contribution is 2.20. The number of carbonyl (C=O) groups excluding carboxylic acids is 1. The standard InChI is InChI=1S/C30H31N5O4S/c1-21-16-26(17-22-8-4-2-5-9-22)28(34-40(38,39)20-24-10-6-3-7-11-24)30(37)35(21)19-27(36)33-18-23-12-14-25(15-13-23)29(31)32/h2-16,34H,17-20H2,1H3,(H3,31,32)(H,33,36). The summed E-state index contributed by atoms with van der Waals surface area (Å²) in [6.07, 6.45) is 0.337. The molecule has 0 bridgehead atoms. The summed E-state index contributed by atoms with van der Waals surface area (Å²) < 4.78 is 30.0. The molecule has 0 aliphatic rings. The summed E-state index contributed by atoms with van der Waals surface area (Å²) in [5.74, 6) is -0.749. The molecule has 0 radical (unpaired) electrons. The van der Waals surface area contributed by atoms with Crippen molar-refractivity contribution in [2.75, 3.05) is 4.72 Å². The fraction of sp³-hybridized carbons (Fsp3) is 0.167. The van der Waals surface area contributed by atoms with E-state index in [1.54, 1.807) is 67.6 Å². The van der Waals surface area contributed by atoms with Gasteiger partial charge < -0.3 is 15.6 Å². The van der Waals surface area contributed by atoms with E-state index in [1.807, 2.05) is 30.3 Å². The number of hydrogen-bond acceptors (Lipinski definition) is 5. The topological polar surface area (TPSA) is 147 Å². The molecule has 4 rings (SSSR count). The molecule has 0 fully saturated rings. The Hall–Kier alpha value is -4.70. The number of anilines is 1. The SMILES string of the molecule is Cc1cc(Cc2ccccc2)c(NS(=O)(=O)Cc2ccccc2)c(=O)n1CC(=O)NCc1ccc(C(=N)N)cc1. The van der Waals surface area contributed by atoms with E-state index in [-0.39, 0.29) is 30.4 Å². The number of benzene rings is 3. The second kappa shape index (κ2) is 12.4. The molecule has 0 saturated carbocycles. The largest absolute Gasteiger partial charge is 0.384 e. The minimum Gasteiger partial charge on any atom is -0.384 e. The highest BCUT2D eigenvalue weighted by Gasteiger charge is 2.21. The summed E-state index contributed by atoms with van der Waals surface area (Å²) in [4.78, 5) is 26.5. The zero-order valence-electron chi connectivity index (χ0n) is 22.1.